The van der Waals surface area contributed by atoms with Crippen molar-refractivity contribution < 1.29 is 33.8 Å². The van der Waals surface area contributed by atoms with Crippen molar-refractivity contribution >= 4 is 101 Å². The molecule has 0 saturated carbocycles. The summed E-state index contributed by atoms with van der Waals surface area (Å²) in [6.07, 6.45) is 3.75. The van der Waals surface area contributed by atoms with Crippen molar-refractivity contribution in [1.29, 1.82) is 0 Å². The van der Waals surface area contributed by atoms with E-state index in [4.69, 9.17) is 28.3 Å². The number of ether oxygens (including phenoxy) is 2. The van der Waals surface area contributed by atoms with Crippen molar-refractivity contribution in [3.63, 3.8) is 0 Å². The van der Waals surface area contributed by atoms with E-state index in [1.807, 2.05) is 10.8 Å². The van der Waals surface area contributed by atoms with Crippen molar-refractivity contribution in [1.82, 2.24) is 19.5 Å². The van der Waals surface area contributed by atoms with Crippen molar-refractivity contribution in [3.05, 3.63) is 147 Å². The van der Waals surface area contributed by atoms with Crippen LogP contribution < -0.4 is 0 Å². The summed E-state index contributed by atoms with van der Waals surface area (Å²) >= 11 is 21.3. The molecule has 17 heteroatoms. The van der Waals surface area contributed by atoms with E-state index < -0.39 is 11.9 Å². The molecule has 2 N–H and O–H groups in total. The molecule has 0 amide bonds. The predicted molar refractivity (Wildman–Crippen MR) is 212 cm³/mol. The van der Waals surface area contributed by atoms with E-state index >= 15 is 0 Å². The van der Waals surface area contributed by atoms with Gasteiger partial charge in [0.25, 0.3) is 0 Å². The van der Waals surface area contributed by atoms with Crippen molar-refractivity contribution in [2.45, 2.75) is 26.0 Å². The van der Waals surface area contributed by atoms with Gasteiger partial charge in [0, 0.05) is 36.0 Å². The number of aromatic nitrogens is 4. The Kier molecular flexibility index (Phi) is 16.2. The van der Waals surface area contributed by atoms with E-state index in [-0.39, 0.29) is 31.0 Å². The van der Waals surface area contributed by atoms with Crippen LogP contribution >= 0.6 is 77.7 Å². The number of benzene rings is 2. The quantitative estimate of drug-likeness (QED) is 0.0959. The molecule has 0 aliphatic carbocycles. The molecule has 0 unspecified atom stereocenters. The highest BCUT2D eigenvalue weighted by atomic mass is 79.9. The van der Waals surface area contributed by atoms with Crippen molar-refractivity contribution in [2.24, 2.45) is 0 Å². The molecule has 0 spiro atoms. The number of halogens is 4. The van der Waals surface area contributed by atoms with Crippen LogP contribution in [0.15, 0.2) is 91.7 Å². The molecule has 4 heterocycles. The number of Topliss-reactive ketones (excluding diaryl/α,β-unsaturated/α-hetero) is 2. The molecule has 4 aromatic heterocycles. The van der Waals surface area contributed by atoms with Gasteiger partial charge in [0.05, 0.1) is 71.3 Å². The Bertz CT molecular complexity index is 2160. The van der Waals surface area contributed by atoms with Gasteiger partial charge >= 0.3 is 11.9 Å². The second-order valence-electron chi connectivity index (χ2n) is 10.8. The minimum atomic E-state index is -0.405. The lowest BCUT2D eigenvalue weighted by Crippen LogP contribution is -2.12. The summed E-state index contributed by atoms with van der Waals surface area (Å²) in [6.45, 7) is 0.499. The van der Waals surface area contributed by atoms with Crippen molar-refractivity contribution in [3.8, 4) is 0 Å². The topological polar surface area (TPSA) is 153 Å². The molecule has 0 atom stereocenters. The van der Waals surface area contributed by atoms with Gasteiger partial charge in [0.2, 0.25) is 0 Å². The first-order valence-electron chi connectivity index (χ1n) is 15.3. The number of aliphatic hydroxyl groups is 1. The molecular weight excluding hydrogens is 895 g/mol. The summed E-state index contributed by atoms with van der Waals surface area (Å²) in [4.78, 5) is 58.5. The summed E-state index contributed by atoms with van der Waals surface area (Å²) in [6, 6.07) is 16.8. The third-order valence-electron chi connectivity index (χ3n) is 7.12. The Labute approximate surface area is 339 Å². The standard InChI is InChI=1S/C18H14BrClN2O3S.C14H12ClNO3.C4H4BrNOS/c1-25-17(24)12-4-2-11(3-5-12)6-16(23)15-7-13(20)8-22(15)9-14-10-26-18(19)21-14;1-19-14(18)10-4-2-9(3-5-10)6-13(17)12-7-11(15)8-16-12;5-4-6-3(1-7)2-8-4/h2-5,7-8,10H,6,9H2,1H3;2-5,7-8,16H,6H2,1H3;2,7H,1H2. The lowest BCUT2D eigenvalue weighted by Gasteiger charge is -2.07. The lowest BCUT2D eigenvalue weighted by molar-refractivity contribution is 0.0592. The van der Waals surface area contributed by atoms with Gasteiger partial charge in [0.1, 0.15) is 0 Å². The fourth-order valence-electron chi connectivity index (χ4n) is 4.56. The molecule has 0 aliphatic heterocycles. The second kappa shape index (κ2) is 20.5. The molecule has 6 aromatic rings. The zero-order valence-corrected chi connectivity index (χ0v) is 34.3. The number of carbonyl (C=O) groups is 4. The van der Waals surface area contributed by atoms with Crippen LogP contribution in [-0.2, 0) is 35.5 Å². The molecule has 0 bridgehead atoms. The highest BCUT2D eigenvalue weighted by Gasteiger charge is 2.16. The molecule has 0 aliphatic rings. The number of hydrogen-bond donors (Lipinski definition) is 2. The van der Waals surface area contributed by atoms with E-state index in [1.165, 1.54) is 36.9 Å². The number of aliphatic hydroxyl groups excluding tert-OH is 1. The van der Waals surface area contributed by atoms with E-state index in [2.05, 4.69) is 56.3 Å². The van der Waals surface area contributed by atoms with Gasteiger partial charge in [-0.2, -0.15) is 0 Å². The largest absolute Gasteiger partial charge is 0.465 e. The van der Waals surface area contributed by atoms with Crippen LogP contribution in [0, 0.1) is 0 Å². The minimum absolute atomic E-state index is 0.0299. The lowest BCUT2D eigenvalue weighted by atomic mass is 10.1. The number of nitrogens with zero attached hydrogens (tertiary/aromatic N) is 3. The molecule has 0 fully saturated rings. The Morgan fingerprint density at radius 2 is 1.28 bits per heavy atom. The summed E-state index contributed by atoms with van der Waals surface area (Å²) in [5.74, 6) is -0.915. The number of hydrogen-bond acceptors (Lipinski definition) is 11. The van der Waals surface area contributed by atoms with Gasteiger partial charge in [-0.25, -0.2) is 19.6 Å². The van der Waals surface area contributed by atoms with Crippen LogP contribution in [0.25, 0.3) is 0 Å². The monoisotopic (exact) mass is 922 g/mol. The number of nitrogens with one attached hydrogen (secondary N) is 1. The number of methoxy groups -OCH3 is 2. The van der Waals surface area contributed by atoms with E-state index in [0.29, 0.717) is 39.1 Å². The molecule has 0 radical (unpaired) electrons. The second-order valence-corrected chi connectivity index (χ2v) is 16.0. The number of thiazole rings is 2. The summed E-state index contributed by atoms with van der Waals surface area (Å²) in [5, 5.41) is 13.2. The number of H-pyrrole nitrogens is 1. The first-order chi connectivity index (χ1) is 25.4. The van der Waals surface area contributed by atoms with E-state index in [9.17, 15) is 19.2 Å². The van der Waals surface area contributed by atoms with Gasteiger partial charge in [-0.05, 0) is 79.4 Å². The molecule has 276 valence electrons. The minimum Gasteiger partial charge on any atom is -0.465 e. The number of carbonyl (C=O) groups excluding carboxylic acids is 4. The summed E-state index contributed by atoms with van der Waals surface area (Å²) < 4.78 is 12.7. The molecular formula is C36H30Br2Cl2N4O7S2. The third kappa shape index (κ3) is 12.8. The number of rotatable bonds is 11. The molecule has 11 nitrogen and oxygen atoms in total. The SMILES string of the molecule is COC(=O)c1ccc(CC(=O)c2cc(Cl)c[nH]2)cc1.COC(=O)c1ccc(CC(=O)c2cc(Cl)cn2Cc2csc(Br)n2)cc1.OCc1csc(Br)n1. The first-order valence-corrected chi connectivity index (χ1v) is 19.4. The maximum Gasteiger partial charge on any atom is 0.337 e. The maximum absolute atomic E-state index is 12.7. The molecule has 0 saturated heterocycles. The van der Waals surface area contributed by atoms with Crippen LogP contribution in [0.2, 0.25) is 10.0 Å². The van der Waals surface area contributed by atoms with E-state index in [0.717, 1.165) is 30.3 Å². The third-order valence-corrected chi connectivity index (χ3v) is 10.4. The maximum atomic E-state index is 12.7. The zero-order chi connectivity index (χ0) is 38.5. The van der Waals surface area contributed by atoms with Gasteiger partial charge in [0.15, 0.2) is 19.4 Å². The van der Waals surface area contributed by atoms with Gasteiger partial charge in [-0.3, -0.25) is 9.59 Å². The smallest absolute Gasteiger partial charge is 0.337 e. The molecule has 53 heavy (non-hydrogen) atoms. The van der Waals surface area contributed by atoms with E-state index in [1.54, 1.807) is 77.6 Å². The summed E-state index contributed by atoms with van der Waals surface area (Å²) in [5.41, 5.74) is 5.11. The first kappa shape index (κ1) is 41.8. The highest BCUT2D eigenvalue weighted by molar-refractivity contribution is 9.11. The number of ketones is 2. The number of aromatic amines is 1. The van der Waals surface area contributed by atoms with Gasteiger partial charge < -0.3 is 24.1 Å². The molecule has 2 aromatic carbocycles. The van der Waals surface area contributed by atoms with Crippen LogP contribution in [0.1, 0.15) is 64.2 Å². The summed E-state index contributed by atoms with van der Waals surface area (Å²) in [7, 11) is 2.66. The highest BCUT2D eigenvalue weighted by Crippen LogP contribution is 2.22. The normalized spacial score (nSPS) is 10.4. The average Bonchev–Trinajstić information content (AvgIpc) is 3.97. The molecule has 6 rings (SSSR count). The Morgan fingerprint density at radius 1 is 0.774 bits per heavy atom. The average molecular weight is 926 g/mol. The van der Waals surface area contributed by atoms with Crippen LogP contribution in [0.4, 0.5) is 0 Å². The zero-order valence-electron chi connectivity index (χ0n) is 28.0. The van der Waals surface area contributed by atoms with Crippen molar-refractivity contribution in [2.75, 3.05) is 14.2 Å². The van der Waals surface area contributed by atoms with Gasteiger partial charge in [-0.1, -0.05) is 47.5 Å². The predicted octanol–water partition coefficient (Wildman–Crippen LogP) is 8.90. The fourth-order valence-corrected chi connectivity index (χ4v) is 7.03. The number of esters is 2. The van der Waals surface area contributed by atoms with Gasteiger partial charge in [-0.15, -0.1) is 22.7 Å². The van der Waals surface area contributed by atoms with Crippen LogP contribution in [0.5, 0.6) is 0 Å². The Balaban J connectivity index is 0.000000202. The Hall–Kier alpha value is -3.96. The van der Waals surface area contributed by atoms with Crippen LogP contribution in [-0.4, -0.2) is 62.4 Å². The van der Waals surface area contributed by atoms with Crippen LogP contribution in [0.3, 0.4) is 0 Å². The fraction of sp³-hybridized carbons (Fsp3) is 0.167. The Morgan fingerprint density at radius 3 is 1.70 bits per heavy atom.